The summed E-state index contributed by atoms with van der Waals surface area (Å²) in [6.45, 7) is 0.336. The van der Waals surface area contributed by atoms with Crippen molar-refractivity contribution in [3.8, 4) is 11.8 Å². The van der Waals surface area contributed by atoms with E-state index < -0.39 is 0 Å². The molecular formula is C20H17FN2O2. The summed E-state index contributed by atoms with van der Waals surface area (Å²) in [6.07, 6.45) is 3.51. The van der Waals surface area contributed by atoms with Crippen LogP contribution in [0.25, 0.3) is 6.08 Å². The Balaban J connectivity index is 1.60. The van der Waals surface area contributed by atoms with Crippen molar-refractivity contribution in [2.75, 3.05) is 0 Å². The van der Waals surface area contributed by atoms with Crippen LogP contribution in [0.15, 0.2) is 54.1 Å². The summed E-state index contributed by atoms with van der Waals surface area (Å²) < 4.78 is 18.5. The SMILES string of the molecule is N#C/C(=C\c1ccc(OCc2ccc(F)cc2)cc1)C(=O)NC1CC1. The van der Waals surface area contributed by atoms with Crippen LogP contribution in [0.1, 0.15) is 24.0 Å². The zero-order valence-electron chi connectivity index (χ0n) is 13.5. The first-order valence-corrected chi connectivity index (χ1v) is 8.04. The van der Waals surface area contributed by atoms with Gasteiger partial charge in [-0.2, -0.15) is 5.26 Å². The number of benzene rings is 2. The second-order valence-electron chi connectivity index (χ2n) is 5.90. The second-order valence-corrected chi connectivity index (χ2v) is 5.90. The lowest BCUT2D eigenvalue weighted by molar-refractivity contribution is -0.117. The van der Waals surface area contributed by atoms with Gasteiger partial charge in [-0.15, -0.1) is 0 Å². The molecule has 4 nitrogen and oxygen atoms in total. The fraction of sp³-hybridized carbons (Fsp3) is 0.200. The number of hydrogen-bond acceptors (Lipinski definition) is 3. The van der Waals surface area contributed by atoms with E-state index in [2.05, 4.69) is 5.32 Å². The Bertz CT molecular complexity index is 816. The van der Waals surface area contributed by atoms with E-state index in [0.29, 0.717) is 12.4 Å². The third-order valence-electron chi connectivity index (χ3n) is 3.79. The molecule has 5 heteroatoms. The Hall–Kier alpha value is -3.13. The molecule has 1 N–H and O–H groups in total. The van der Waals surface area contributed by atoms with Gasteiger partial charge in [0.2, 0.25) is 0 Å². The highest BCUT2D eigenvalue weighted by molar-refractivity contribution is 6.01. The van der Waals surface area contributed by atoms with Crippen molar-refractivity contribution in [3.63, 3.8) is 0 Å². The van der Waals surface area contributed by atoms with Crippen molar-refractivity contribution in [2.24, 2.45) is 0 Å². The van der Waals surface area contributed by atoms with Gasteiger partial charge >= 0.3 is 0 Å². The summed E-state index contributed by atoms with van der Waals surface area (Å²) in [5, 5.41) is 11.9. The number of rotatable bonds is 6. The predicted octanol–water partition coefficient (Wildman–Crippen LogP) is 3.59. The number of nitrogens with zero attached hydrogens (tertiary/aromatic N) is 1. The van der Waals surface area contributed by atoms with E-state index >= 15 is 0 Å². The van der Waals surface area contributed by atoms with Gasteiger partial charge in [0.25, 0.3) is 5.91 Å². The largest absolute Gasteiger partial charge is 0.489 e. The van der Waals surface area contributed by atoms with Gasteiger partial charge < -0.3 is 10.1 Å². The standard InChI is InChI=1S/C20H17FN2O2/c21-17-5-1-15(2-6-17)13-25-19-9-3-14(4-10-19)11-16(12-22)20(24)23-18-7-8-18/h1-6,9-11,18H,7-8,13H2,(H,23,24)/b16-11+. The Labute approximate surface area is 145 Å². The van der Waals surface area contributed by atoms with E-state index in [1.807, 2.05) is 6.07 Å². The molecule has 126 valence electrons. The zero-order chi connectivity index (χ0) is 17.6. The van der Waals surface area contributed by atoms with Crippen LogP contribution in [-0.4, -0.2) is 11.9 Å². The Morgan fingerprint density at radius 3 is 2.48 bits per heavy atom. The number of carbonyl (C=O) groups is 1. The van der Waals surface area contributed by atoms with Gasteiger partial charge in [-0.3, -0.25) is 4.79 Å². The van der Waals surface area contributed by atoms with Crippen LogP contribution >= 0.6 is 0 Å². The van der Waals surface area contributed by atoms with E-state index in [1.54, 1.807) is 42.5 Å². The smallest absolute Gasteiger partial charge is 0.262 e. The lowest BCUT2D eigenvalue weighted by Crippen LogP contribution is -2.26. The maximum atomic E-state index is 12.9. The molecular weight excluding hydrogens is 319 g/mol. The summed E-state index contributed by atoms with van der Waals surface area (Å²) in [4.78, 5) is 11.9. The summed E-state index contributed by atoms with van der Waals surface area (Å²) in [5.74, 6) is 0.0444. The number of halogens is 1. The number of ether oxygens (including phenoxy) is 1. The fourth-order valence-corrected chi connectivity index (χ4v) is 2.21. The van der Waals surface area contributed by atoms with Crippen LogP contribution in [0.3, 0.4) is 0 Å². The van der Waals surface area contributed by atoms with Crippen LogP contribution in [-0.2, 0) is 11.4 Å². The van der Waals surface area contributed by atoms with Crippen molar-refractivity contribution in [1.82, 2.24) is 5.32 Å². The second kappa shape index (κ2) is 7.63. The molecule has 0 radical (unpaired) electrons. The zero-order valence-corrected chi connectivity index (χ0v) is 13.5. The average Bonchev–Trinajstić information content (AvgIpc) is 3.44. The summed E-state index contributed by atoms with van der Waals surface area (Å²) in [6, 6.07) is 15.4. The molecule has 3 rings (SSSR count). The maximum absolute atomic E-state index is 12.9. The van der Waals surface area contributed by atoms with Crippen molar-refractivity contribution >= 4 is 12.0 Å². The number of nitriles is 1. The number of nitrogens with one attached hydrogen (secondary N) is 1. The molecule has 1 amide bonds. The maximum Gasteiger partial charge on any atom is 0.262 e. The summed E-state index contributed by atoms with van der Waals surface area (Å²) in [7, 11) is 0. The molecule has 2 aromatic carbocycles. The van der Waals surface area contributed by atoms with Gasteiger partial charge in [-0.1, -0.05) is 24.3 Å². The summed E-state index contributed by atoms with van der Waals surface area (Å²) in [5.41, 5.74) is 1.71. The third-order valence-corrected chi connectivity index (χ3v) is 3.79. The first kappa shape index (κ1) is 16.7. The summed E-state index contributed by atoms with van der Waals surface area (Å²) >= 11 is 0. The van der Waals surface area contributed by atoms with Gasteiger partial charge in [-0.25, -0.2) is 4.39 Å². The molecule has 1 saturated carbocycles. The molecule has 0 heterocycles. The quantitative estimate of drug-likeness (QED) is 0.648. The van der Waals surface area contributed by atoms with Gasteiger partial charge in [0.1, 0.15) is 29.8 Å². The lowest BCUT2D eigenvalue weighted by atomic mass is 10.1. The van der Waals surface area contributed by atoms with Gasteiger partial charge in [-0.05, 0) is 54.3 Å². The molecule has 0 aliphatic heterocycles. The van der Waals surface area contributed by atoms with E-state index in [1.165, 1.54) is 12.1 Å². The molecule has 0 unspecified atom stereocenters. The molecule has 1 aliphatic carbocycles. The van der Waals surface area contributed by atoms with Crippen LogP contribution in [0.2, 0.25) is 0 Å². The lowest BCUT2D eigenvalue weighted by Gasteiger charge is -2.07. The third kappa shape index (κ3) is 4.92. The van der Waals surface area contributed by atoms with Crippen LogP contribution in [0.5, 0.6) is 5.75 Å². The first-order valence-electron chi connectivity index (χ1n) is 8.04. The fourth-order valence-electron chi connectivity index (χ4n) is 2.21. The Kier molecular flexibility index (Phi) is 5.10. The van der Waals surface area contributed by atoms with Crippen molar-refractivity contribution < 1.29 is 13.9 Å². The molecule has 0 bridgehead atoms. The van der Waals surface area contributed by atoms with Crippen molar-refractivity contribution in [2.45, 2.75) is 25.5 Å². The monoisotopic (exact) mass is 336 g/mol. The van der Waals surface area contributed by atoms with Crippen molar-refractivity contribution in [1.29, 1.82) is 5.26 Å². The van der Waals surface area contributed by atoms with E-state index in [4.69, 9.17) is 10.00 Å². The van der Waals surface area contributed by atoms with Crippen molar-refractivity contribution in [3.05, 3.63) is 71.0 Å². The Morgan fingerprint density at radius 2 is 1.88 bits per heavy atom. The highest BCUT2D eigenvalue weighted by Crippen LogP contribution is 2.20. The minimum absolute atomic E-state index is 0.0897. The van der Waals surface area contributed by atoms with Crippen LogP contribution < -0.4 is 10.1 Å². The van der Waals surface area contributed by atoms with E-state index in [9.17, 15) is 9.18 Å². The number of amides is 1. The van der Waals surface area contributed by atoms with Gasteiger partial charge in [0.05, 0.1) is 0 Å². The first-order chi connectivity index (χ1) is 12.1. The molecule has 25 heavy (non-hydrogen) atoms. The molecule has 0 aromatic heterocycles. The number of hydrogen-bond donors (Lipinski definition) is 1. The molecule has 0 atom stereocenters. The van der Waals surface area contributed by atoms with Crippen LogP contribution in [0.4, 0.5) is 4.39 Å². The molecule has 1 aliphatic rings. The molecule has 1 fully saturated rings. The van der Waals surface area contributed by atoms with E-state index in [0.717, 1.165) is 24.0 Å². The van der Waals surface area contributed by atoms with Gasteiger partial charge in [0, 0.05) is 6.04 Å². The minimum Gasteiger partial charge on any atom is -0.489 e. The molecule has 0 saturated heterocycles. The molecule has 2 aromatic rings. The highest BCUT2D eigenvalue weighted by Gasteiger charge is 2.24. The average molecular weight is 336 g/mol. The Morgan fingerprint density at radius 1 is 1.20 bits per heavy atom. The number of carbonyl (C=O) groups excluding carboxylic acids is 1. The van der Waals surface area contributed by atoms with Gasteiger partial charge in [0.15, 0.2) is 0 Å². The molecule has 0 spiro atoms. The highest BCUT2D eigenvalue weighted by atomic mass is 19.1. The van der Waals surface area contributed by atoms with Crippen LogP contribution in [0, 0.1) is 17.1 Å². The minimum atomic E-state index is -0.332. The van der Waals surface area contributed by atoms with E-state index in [-0.39, 0.29) is 23.3 Å². The topological polar surface area (TPSA) is 62.1 Å². The normalized spacial score (nSPS) is 13.8. The predicted molar refractivity (Wildman–Crippen MR) is 91.9 cm³/mol.